The molecule has 0 aliphatic heterocycles. The molecule has 1 aliphatic rings. The molecule has 1 aliphatic carbocycles. The van der Waals surface area contributed by atoms with Crippen molar-refractivity contribution in [2.75, 3.05) is 0 Å². The van der Waals surface area contributed by atoms with E-state index in [1.165, 1.54) is 37.0 Å². The molecule has 0 saturated heterocycles. The summed E-state index contributed by atoms with van der Waals surface area (Å²) in [5, 5.41) is 11.0. The first-order valence-corrected chi connectivity index (χ1v) is 9.00. The average Bonchev–Trinajstić information content (AvgIpc) is 3.15. The van der Waals surface area contributed by atoms with Crippen molar-refractivity contribution < 1.29 is 9.90 Å². The van der Waals surface area contributed by atoms with Crippen molar-refractivity contribution in [1.82, 2.24) is 4.98 Å². The van der Waals surface area contributed by atoms with Crippen LogP contribution in [-0.2, 0) is 5.75 Å². The Balaban J connectivity index is 1.81. The van der Waals surface area contributed by atoms with E-state index in [9.17, 15) is 9.90 Å². The van der Waals surface area contributed by atoms with Gasteiger partial charge in [-0.3, -0.25) is 0 Å². The van der Waals surface area contributed by atoms with Crippen molar-refractivity contribution in [3.8, 4) is 10.4 Å². The second kappa shape index (κ2) is 6.62. The number of thiazole rings is 1. The van der Waals surface area contributed by atoms with Gasteiger partial charge in [0.1, 0.15) is 5.01 Å². The number of benzene rings is 1. The molecule has 5 heteroatoms. The van der Waals surface area contributed by atoms with E-state index in [-0.39, 0.29) is 5.69 Å². The number of hydrogen-bond acceptors (Lipinski definition) is 4. The lowest BCUT2D eigenvalue weighted by Crippen LogP contribution is -1.99. The quantitative estimate of drug-likeness (QED) is 0.869. The largest absolute Gasteiger partial charge is 0.476 e. The van der Waals surface area contributed by atoms with E-state index in [0.29, 0.717) is 0 Å². The van der Waals surface area contributed by atoms with Gasteiger partial charge in [-0.2, -0.15) is 11.8 Å². The fraction of sp³-hybridized carbons (Fsp3) is 0.375. The number of thioether (sulfide) groups is 1. The molecule has 1 aromatic heterocycles. The molecule has 0 atom stereocenters. The average molecular weight is 319 g/mol. The second-order valence-electron chi connectivity index (χ2n) is 5.17. The molecule has 0 unspecified atom stereocenters. The number of carboxylic acid groups (broad SMARTS) is 1. The van der Waals surface area contributed by atoms with Crippen molar-refractivity contribution in [3.05, 3.63) is 41.0 Å². The van der Waals surface area contributed by atoms with Gasteiger partial charge in [-0.05, 0) is 18.4 Å². The molecule has 1 aromatic carbocycles. The van der Waals surface area contributed by atoms with E-state index >= 15 is 0 Å². The minimum absolute atomic E-state index is 0.188. The number of carbonyl (C=O) groups is 1. The molecule has 21 heavy (non-hydrogen) atoms. The summed E-state index contributed by atoms with van der Waals surface area (Å²) in [6.07, 6.45) is 5.22. The van der Waals surface area contributed by atoms with Crippen LogP contribution in [0.15, 0.2) is 30.3 Å². The highest BCUT2D eigenvalue weighted by atomic mass is 32.2. The summed E-state index contributed by atoms with van der Waals surface area (Å²) in [5.41, 5.74) is 1.12. The Bertz CT molecular complexity index is 618. The first-order valence-electron chi connectivity index (χ1n) is 7.14. The summed E-state index contributed by atoms with van der Waals surface area (Å²) >= 11 is 3.43. The third kappa shape index (κ3) is 3.47. The van der Waals surface area contributed by atoms with Gasteiger partial charge in [0.2, 0.25) is 0 Å². The molecule has 110 valence electrons. The lowest BCUT2D eigenvalue weighted by molar-refractivity contribution is 0.0692. The third-order valence-electron chi connectivity index (χ3n) is 3.65. The zero-order valence-electron chi connectivity index (χ0n) is 11.6. The highest BCUT2D eigenvalue weighted by Gasteiger charge is 2.20. The number of rotatable bonds is 5. The summed E-state index contributed by atoms with van der Waals surface area (Å²) in [6, 6.07) is 9.66. The normalized spacial score (nSPS) is 15.4. The van der Waals surface area contributed by atoms with E-state index in [1.54, 1.807) is 0 Å². The highest BCUT2D eigenvalue weighted by Crippen LogP contribution is 2.35. The summed E-state index contributed by atoms with van der Waals surface area (Å²) < 4.78 is 0. The molecule has 1 saturated carbocycles. The number of carboxylic acids is 1. The third-order valence-corrected chi connectivity index (χ3v) is 6.32. The Labute approximate surface area is 132 Å². The monoisotopic (exact) mass is 319 g/mol. The first kappa shape index (κ1) is 14.6. The van der Waals surface area contributed by atoms with Crippen LogP contribution in [0, 0.1) is 0 Å². The zero-order chi connectivity index (χ0) is 14.7. The van der Waals surface area contributed by atoms with Gasteiger partial charge >= 0.3 is 5.97 Å². The lowest BCUT2D eigenvalue weighted by Gasteiger charge is -2.05. The fourth-order valence-corrected chi connectivity index (χ4v) is 5.01. The van der Waals surface area contributed by atoms with Gasteiger partial charge in [-0.1, -0.05) is 43.2 Å². The summed E-state index contributed by atoms with van der Waals surface area (Å²) in [6.45, 7) is 0. The van der Waals surface area contributed by atoms with Gasteiger partial charge in [-0.15, -0.1) is 11.3 Å². The van der Waals surface area contributed by atoms with Crippen LogP contribution >= 0.6 is 23.1 Å². The van der Waals surface area contributed by atoms with Crippen molar-refractivity contribution in [1.29, 1.82) is 0 Å². The topological polar surface area (TPSA) is 50.2 Å². The number of aromatic carboxylic acids is 1. The Morgan fingerprint density at radius 1 is 1.29 bits per heavy atom. The van der Waals surface area contributed by atoms with E-state index in [1.807, 2.05) is 42.1 Å². The van der Waals surface area contributed by atoms with Crippen LogP contribution in [0.1, 0.15) is 41.2 Å². The summed E-state index contributed by atoms with van der Waals surface area (Å²) in [4.78, 5) is 16.5. The number of hydrogen-bond donors (Lipinski definition) is 1. The Kier molecular flexibility index (Phi) is 4.60. The molecule has 0 amide bonds. The van der Waals surface area contributed by atoms with Gasteiger partial charge in [0.05, 0.1) is 4.88 Å². The van der Waals surface area contributed by atoms with Crippen LogP contribution in [0.3, 0.4) is 0 Å². The predicted molar refractivity (Wildman–Crippen MR) is 88.1 cm³/mol. The van der Waals surface area contributed by atoms with Crippen molar-refractivity contribution in [2.45, 2.75) is 36.7 Å². The van der Waals surface area contributed by atoms with E-state index in [0.717, 1.165) is 26.5 Å². The van der Waals surface area contributed by atoms with Crippen LogP contribution in [0.5, 0.6) is 0 Å². The van der Waals surface area contributed by atoms with E-state index < -0.39 is 5.97 Å². The van der Waals surface area contributed by atoms with Crippen LogP contribution in [0.2, 0.25) is 0 Å². The van der Waals surface area contributed by atoms with Crippen molar-refractivity contribution in [2.24, 2.45) is 0 Å². The molecule has 1 N–H and O–H groups in total. The highest BCUT2D eigenvalue weighted by molar-refractivity contribution is 7.99. The van der Waals surface area contributed by atoms with Gasteiger partial charge in [0.25, 0.3) is 0 Å². The minimum Gasteiger partial charge on any atom is -0.476 e. The molecule has 0 bridgehead atoms. The fourth-order valence-electron chi connectivity index (χ4n) is 2.60. The van der Waals surface area contributed by atoms with Gasteiger partial charge in [0.15, 0.2) is 5.69 Å². The van der Waals surface area contributed by atoms with Gasteiger partial charge in [0, 0.05) is 11.0 Å². The van der Waals surface area contributed by atoms with Crippen LogP contribution in [0.25, 0.3) is 10.4 Å². The molecule has 3 rings (SSSR count). The molecule has 0 radical (unpaired) electrons. The molecule has 1 heterocycles. The SMILES string of the molecule is O=C(O)c1nc(CSC2CCCC2)sc1-c1ccccc1. The molecular formula is C16H17NO2S2. The zero-order valence-corrected chi connectivity index (χ0v) is 13.3. The van der Waals surface area contributed by atoms with Crippen LogP contribution in [-0.4, -0.2) is 21.3 Å². The molecule has 1 fully saturated rings. The number of nitrogens with zero attached hydrogens (tertiary/aromatic N) is 1. The van der Waals surface area contributed by atoms with Crippen molar-refractivity contribution in [3.63, 3.8) is 0 Å². The maximum Gasteiger partial charge on any atom is 0.356 e. The van der Waals surface area contributed by atoms with E-state index in [4.69, 9.17) is 0 Å². The maximum atomic E-state index is 11.4. The van der Waals surface area contributed by atoms with Gasteiger partial charge < -0.3 is 5.11 Å². The van der Waals surface area contributed by atoms with Crippen LogP contribution in [0.4, 0.5) is 0 Å². The Morgan fingerprint density at radius 3 is 2.67 bits per heavy atom. The standard InChI is InChI=1S/C16H17NO2S2/c18-16(19)14-15(11-6-2-1-3-7-11)21-13(17-14)10-20-12-8-4-5-9-12/h1-3,6-7,12H,4-5,8-10H2,(H,18,19). The van der Waals surface area contributed by atoms with Crippen LogP contribution < -0.4 is 0 Å². The minimum atomic E-state index is -0.942. The summed E-state index contributed by atoms with van der Waals surface area (Å²) in [7, 11) is 0. The predicted octanol–water partition coefficient (Wildman–Crippen LogP) is 4.68. The molecule has 3 nitrogen and oxygen atoms in total. The number of aromatic nitrogens is 1. The first-order chi connectivity index (χ1) is 10.2. The van der Waals surface area contributed by atoms with E-state index in [2.05, 4.69) is 4.98 Å². The Morgan fingerprint density at radius 2 is 2.00 bits per heavy atom. The second-order valence-corrected chi connectivity index (χ2v) is 7.55. The Hall–Kier alpha value is -1.33. The molecular weight excluding hydrogens is 302 g/mol. The maximum absolute atomic E-state index is 11.4. The summed E-state index contributed by atoms with van der Waals surface area (Å²) in [5.74, 6) is -0.121. The smallest absolute Gasteiger partial charge is 0.356 e. The van der Waals surface area contributed by atoms with Gasteiger partial charge in [-0.25, -0.2) is 9.78 Å². The molecule has 2 aromatic rings. The lowest BCUT2D eigenvalue weighted by atomic mass is 10.1. The molecule has 0 spiro atoms. The van der Waals surface area contributed by atoms with Crippen molar-refractivity contribution >= 4 is 29.1 Å².